The third-order valence-electron chi connectivity index (χ3n) is 10.1. The van der Waals surface area contributed by atoms with Gasteiger partial charge >= 0.3 is 0 Å². The lowest BCUT2D eigenvalue weighted by Crippen LogP contribution is -2.49. The summed E-state index contributed by atoms with van der Waals surface area (Å²) in [7, 11) is 0. The van der Waals surface area contributed by atoms with Crippen LogP contribution in [0.4, 0.5) is 0 Å². The summed E-state index contributed by atoms with van der Waals surface area (Å²) in [6.45, 7) is 10.6. The maximum absolute atomic E-state index is 13.4. The van der Waals surface area contributed by atoms with Crippen molar-refractivity contribution in [2.75, 3.05) is 6.54 Å². The molecular weight excluding hydrogens is 426 g/mol. The fraction of sp³-hybridized carbons (Fsp3) is 0.759. The van der Waals surface area contributed by atoms with E-state index in [1.54, 1.807) is 0 Å². The number of nitrogens with one attached hydrogen (secondary N) is 1. The summed E-state index contributed by atoms with van der Waals surface area (Å²) in [6.07, 6.45) is 9.64. The molecule has 0 aromatic heterocycles. The standard InChI is InChI=1S/C29H43NO4/c1-17(16-30-19(3)31)6-9-25(33)18(2)27-26(34)15-24-22-8-7-20-14-21(32)10-12-28(20,4)23(22)11-13-29(24,27)5/h7,17,21-24,32H,6,8-16H2,1-5H3,(H,30,31)/b27-18-/t17-,21+,22+,23-,24-,28+,29+/m1/s1. The molecule has 7 atom stereocenters. The highest BCUT2D eigenvalue weighted by Crippen LogP contribution is 2.65. The van der Waals surface area contributed by atoms with E-state index in [-0.39, 0.29) is 40.3 Å². The van der Waals surface area contributed by atoms with Crippen molar-refractivity contribution in [2.45, 2.75) is 98.5 Å². The van der Waals surface area contributed by atoms with Crippen LogP contribution in [0.15, 0.2) is 22.8 Å². The molecular formula is C29H43NO4. The van der Waals surface area contributed by atoms with Gasteiger partial charge in [-0.25, -0.2) is 0 Å². The highest BCUT2D eigenvalue weighted by atomic mass is 16.3. The van der Waals surface area contributed by atoms with Crippen LogP contribution in [0, 0.1) is 34.5 Å². The number of hydrogen-bond acceptors (Lipinski definition) is 4. The Bertz CT molecular complexity index is 932. The normalized spacial score (nSPS) is 39.4. The highest BCUT2D eigenvalue weighted by Gasteiger charge is 2.59. The topological polar surface area (TPSA) is 83.5 Å². The second-order valence-electron chi connectivity index (χ2n) is 12.2. The van der Waals surface area contributed by atoms with Gasteiger partial charge in [-0.1, -0.05) is 32.4 Å². The van der Waals surface area contributed by atoms with Gasteiger partial charge in [0.05, 0.1) is 6.10 Å². The van der Waals surface area contributed by atoms with Crippen LogP contribution in [0.3, 0.4) is 0 Å². The fourth-order valence-corrected chi connectivity index (χ4v) is 8.03. The Kier molecular flexibility index (Phi) is 6.98. The van der Waals surface area contributed by atoms with Crippen LogP contribution in [0.2, 0.25) is 0 Å². The third-order valence-corrected chi connectivity index (χ3v) is 10.1. The molecule has 34 heavy (non-hydrogen) atoms. The lowest BCUT2D eigenvalue weighted by atomic mass is 9.47. The maximum atomic E-state index is 13.4. The maximum Gasteiger partial charge on any atom is 0.216 e. The van der Waals surface area contributed by atoms with Gasteiger partial charge in [-0.3, -0.25) is 14.4 Å². The van der Waals surface area contributed by atoms with Crippen molar-refractivity contribution in [1.29, 1.82) is 0 Å². The van der Waals surface area contributed by atoms with E-state index in [2.05, 4.69) is 25.2 Å². The molecule has 0 heterocycles. The smallest absolute Gasteiger partial charge is 0.216 e. The predicted molar refractivity (Wildman–Crippen MR) is 133 cm³/mol. The quantitative estimate of drug-likeness (QED) is 0.427. The molecule has 2 N–H and O–H groups in total. The lowest BCUT2D eigenvalue weighted by Gasteiger charge is -2.57. The van der Waals surface area contributed by atoms with E-state index in [0.29, 0.717) is 49.1 Å². The first kappa shape index (κ1) is 25.3. The van der Waals surface area contributed by atoms with Crippen LogP contribution in [0.5, 0.6) is 0 Å². The average Bonchev–Trinajstić information content (AvgIpc) is 3.05. The molecule has 4 aliphatic rings. The van der Waals surface area contributed by atoms with Crippen molar-refractivity contribution in [1.82, 2.24) is 5.32 Å². The van der Waals surface area contributed by atoms with E-state index in [9.17, 15) is 19.5 Å². The minimum absolute atomic E-state index is 0.0504. The Balaban J connectivity index is 1.52. The molecule has 4 rings (SSSR count). The van der Waals surface area contributed by atoms with Gasteiger partial charge in [0.25, 0.3) is 0 Å². The number of amides is 1. The summed E-state index contributed by atoms with van der Waals surface area (Å²) in [5.41, 5.74) is 2.87. The number of carbonyl (C=O) groups excluding carboxylic acids is 3. The SMILES string of the molecule is CC(=O)NC[C@H](C)CCC(=O)/C(C)=C1/C(=O)C[C@@H]2[C@H]3CC=C4C[C@@H](O)CC[C@]4(C)[C@@H]3CC[C@]12C. The van der Waals surface area contributed by atoms with E-state index < -0.39 is 0 Å². The number of Topliss-reactive ketones (excluding diaryl/α,β-unsaturated/α-hetero) is 2. The third kappa shape index (κ3) is 4.34. The average molecular weight is 470 g/mol. The number of carbonyl (C=O) groups is 3. The van der Waals surface area contributed by atoms with Crippen LogP contribution < -0.4 is 5.32 Å². The molecule has 0 radical (unpaired) electrons. The predicted octanol–water partition coefficient (Wildman–Crippen LogP) is 4.93. The molecule has 5 nitrogen and oxygen atoms in total. The molecule has 3 fully saturated rings. The van der Waals surface area contributed by atoms with Crippen molar-refractivity contribution < 1.29 is 19.5 Å². The van der Waals surface area contributed by atoms with Crippen LogP contribution in [0.1, 0.15) is 92.4 Å². The molecule has 188 valence electrons. The van der Waals surface area contributed by atoms with Gasteiger partial charge in [-0.2, -0.15) is 0 Å². The summed E-state index contributed by atoms with van der Waals surface area (Å²) in [5.74, 6) is 1.79. The molecule has 0 spiro atoms. The molecule has 0 saturated heterocycles. The summed E-state index contributed by atoms with van der Waals surface area (Å²) < 4.78 is 0. The summed E-state index contributed by atoms with van der Waals surface area (Å²) >= 11 is 0. The van der Waals surface area contributed by atoms with Gasteiger partial charge in [0.1, 0.15) is 0 Å². The van der Waals surface area contributed by atoms with Crippen LogP contribution in [-0.2, 0) is 14.4 Å². The molecule has 5 heteroatoms. The first-order valence-electron chi connectivity index (χ1n) is 13.4. The zero-order chi connectivity index (χ0) is 24.8. The molecule has 0 bridgehead atoms. The number of fused-ring (bicyclic) bond motifs is 5. The minimum atomic E-state index is -0.213. The fourth-order valence-electron chi connectivity index (χ4n) is 8.03. The van der Waals surface area contributed by atoms with E-state index in [1.165, 1.54) is 12.5 Å². The Hall–Kier alpha value is -1.75. The number of ketones is 2. The number of allylic oxidation sites excluding steroid dienone is 3. The Morgan fingerprint density at radius 2 is 1.82 bits per heavy atom. The zero-order valence-electron chi connectivity index (χ0n) is 21.7. The number of aliphatic hydroxyl groups is 1. The van der Waals surface area contributed by atoms with Crippen molar-refractivity contribution in [3.8, 4) is 0 Å². The lowest BCUT2D eigenvalue weighted by molar-refractivity contribution is -0.119. The van der Waals surface area contributed by atoms with E-state index in [1.807, 2.05) is 13.8 Å². The molecule has 3 saturated carbocycles. The van der Waals surface area contributed by atoms with Gasteiger partial charge in [-0.15, -0.1) is 0 Å². The van der Waals surface area contributed by atoms with Crippen LogP contribution in [-0.4, -0.2) is 35.2 Å². The molecule has 0 aliphatic heterocycles. The van der Waals surface area contributed by atoms with E-state index in [4.69, 9.17) is 0 Å². The zero-order valence-corrected chi connectivity index (χ0v) is 21.7. The monoisotopic (exact) mass is 469 g/mol. The largest absolute Gasteiger partial charge is 0.393 e. The molecule has 0 unspecified atom stereocenters. The van der Waals surface area contributed by atoms with E-state index in [0.717, 1.165) is 44.1 Å². The number of rotatable bonds is 6. The molecule has 0 aromatic rings. The van der Waals surface area contributed by atoms with Crippen LogP contribution >= 0.6 is 0 Å². The Morgan fingerprint density at radius 1 is 1.12 bits per heavy atom. The minimum Gasteiger partial charge on any atom is -0.393 e. The first-order valence-corrected chi connectivity index (χ1v) is 13.4. The number of hydrogen-bond donors (Lipinski definition) is 2. The Morgan fingerprint density at radius 3 is 2.53 bits per heavy atom. The van der Waals surface area contributed by atoms with Gasteiger partial charge in [0.15, 0.2) is 11.6 Å². The second kappa shape index (κ2) is 9.37. The van der Waals surface area contributed by atoms with Crippen molar-refractivity contribution in [3.05, 3.63) is 22.8 Å². The summed E-state index contributed by atoms with van der Waals surface area (Å²) in [6, 6.07) is 0. The van der Waals surface area contributed by atoms with Crippen molar-refractivity contribution in [2.24, 2.45) is 34.5 Å². The summed E-state index contributed by atoms with van der Waals surface area (Å²) in [4.78, 5) is 37.7. The van der Waals surface area contributed by atoms with Gasteiger partial charge in [-0.05, 0) is 91.9 Å². The van der Waals surface area contributed by atoms with Gasteiger partial charge in [0.2, 0.25) is 5.91 Å². The van der Waals surface area contributed by atoms with E-state index >= 15 is 0 Å². The molecule has 0 aromatic carbocycles. The Labute approximate surface area is 204 Å². The van der Waals surface area contributed by atoms with Crippen LogP contribution in [0.25, 0.3) is 0 Å². The van der Waals surface area contributed by atoms with Gasteiger partial charge < -0.3 is 10.4 Å². The summed E-state index contributed by atoms with van der Waals surface area (Å²) in [5, 5.41) is 13.0. The highest BCUT2D eigenvalue weighted by molar-refractivity contribution is 6.08. The first-order chi connectivity index (χ1) is 16.0. The molecule has 1 amide bonds. The molecule has 4 aliphatic carbocycles. The number of aliphatic hydroxyl groups excluding tert-OH is 1. The van der Waals surface area contributed by atoms with Crippen molar-refractivity contribution in [3.63, 3.8) is 0 Å². The second-order valence-corrected chi connectivity index (χ2v) is 12.2. The van der Waals surface area contributed by atoms with Crippen molar-refractivity contribution >= 4 is 17.5 Å². The van der Waals surface area contributed by atoms with Gasteiger partial charge in [0, 0.05) is 31.9 Å².